The molecule has 3 aromatic carbocycles. The third-order valence-electron chi connectivity index (χ3n) is 5.25. The molecule has 0 aliphatic rings. The fourth-order valence-corrected chi connectivity index (χ4v) is 3.68. The number of aromatic nitrogens is 1. The molecule has 0 fully saturated rings. The van der Waals surface area contributed by atoms with E-state index in [1.807, 2.05) is 91.0 Å². The molecule has 0 spiro atoms. The van der Waals surface area contributed by atoms with Gasteiger partial charge < -0.3 is 10.1 Å². The predicted molar refractivity (Wildman–Crippen MR) is 133 cm³/mol. The summed E-state index contributed by atoms with van der Waals surface area (Å²) in [5.74, 6) is 0.458. The summed E-state index contributed by atoms with van der Waals surface area (Å²) in [5, 5.41) is 3.62. The zero-order valence-electron chi connectivity index (χ0n) is 18.2. The zero-order chi connectivity index (χ0) is 22.9. The van der Waals surface area contributed by atoms with Crippen LogP contribution in [0, 0.1) is 0 Å². The molecule has 4 nitrogen and oxygen atoms in total. The lowest BCUT2D eigenvalue weighted by atomic mass is 10.0. The lowest BCUT2D eigenvalue weighted by Crippen LogP contribution is -2.12. The van der Waals surface area contributed by atoms with Crippen molar-refractivity contribution in [3.05, 3.63) is 125 Å². The second-order valence-electron chi connectivity index (χ2n) is 7.73. The van der Waals surface area contributed by atoms with Gasteiger partial charge in [0.1, 0.15) is 0 Å². The molecule has 1 heterocycles. The topological polar surface area (TPSA) is 51.2 Å². The Morgan fingerprint density at radius 2 is 1.48 bits per heavy atom. The Morgan fingerprint density at radius 3 is 2.06 bits per heavy atom. The molecule has 5 heteroatoms. The van der Waals surface area contributed by atoms with Crippen LogP contribution in [0.4, 0.5) is 5.69 Å². The van der Waals surface area contributed by atoms with Gasteiger partial charge in [-0.2, -0.15) is 0 Å². The van der Waals surface area contributed by atoms with Crippen molar-refractivity contribution < 1.29 is 9.53 Å². The standard InChI is InChI=1S/C28H25ClN2O2/c29-24-16-14-21(15-17-24)8-7-13-26(32)31-25-18-19-27(30-20-25)33-28(22-9-3-1-4-10-22)23-11-5-2-6-12-23/h1-6,9-12,14-20,28H,7-8,13H2,(H,31,32). The van der Waals surface area contributed by atoms with Crippen molar-refractivity contribution in [3.8, 4) is 5.88 Å². The van der Waals surface area contributed by atoms with Gasteiger partial charge in [0.15, 0.2) is 6.10 Å². The minimum atomic E-state index is -0.270. The minimum absolute atomic E-state index is 0.0362. The van der Waals surface area contributed by atoms with Crippen LogP contribution in [0.15, 0.2) is 103 Å². The summed E-state index contributed by atoms with van der Waals surface area (Å²) in [7, 11) is 0. The predicted octanol–water partition coefficient (Wildman–Crippen LogP) is 6.86. The second kappa shape index (κ2) is 11.3. The Labute approximate surface area is 199 Å². The van der Waals surface area contributed by atoms with Crippen LogP contribution in [0.1, 0.15) is 35.6 Å². The number of carbonyl (C=O) groups is 1. The Bertz CT molecular complexity index is 1110. The summed E-state index contributed by atoms with van der Waals surface area (Å²) in [5.41, 5.74) is 3.91. The Hall–Kier alpha value is -3.63. The number of nitrogens with zero attached hydrogens (tertiary/aromatic N) is 1. The minimum Gasteiger partial charge on any atom is -0.465 e. The molecular weight excluding hydrogens is 432 g/mol. The van der Waals surface area contributed by atoms with Crippen molar-refractivity contribution in [2.24, 2.45) is 0 Å². The maximum Gasteiger partial charge on any atom is 0.224 e. The van der Waals surface area contributed by atoms with Gasteiger partial charge in [0, 0.05) is 17.5 Å². The number of amides is 1. The van der Waals surface area contributed by atoms with Gasteiger partial charge in [-0.15, -0.1) is 0 Å². The molecule has 33 heavy (non-hydrogen) atoms. The molecule has 0 aliphatic heterocycles. The van der Waals surface area contributed by atoms with Gasteiger partial charge in [0.05, 0.1) is 11.9 Å². The first kappa shape index (κ1) is 22.6. The summed E-state index contributed by atoms with van der Waals surface area (Å²) in [6, 6.07) is 31.4. The molecule has 0 saturated carbocycles. The van der Waals surface area contributed by atoms with Crippen LogP contribution < -0.4 is 10.1 Å². The molecule has 0 radical (unpaired) electrons. The van der Waals surface area contributed by atoms with E-state index < -0.39 is 0 Å². The van der Waals surface area contributed by atoms with Crippen LogP contribution in [0.3, 0.4) is 0 Å². The number of pyridine rings is 1. The molecule has 4 aromatic rings. The summed E-state index contributed by atoms with van der Waals surface area (Å²) >= 11 is 5.91. The van der Waals surface area contributed by atoms with E-state index in [-0.39, 0.29) is 12.0 Å². The molecule has 0 atom stereocenters. The van der Waals surface area contributed by atoms with E-state index in [2.05, 4.69) is 10.3 Å². The SMILES string of the molecule is O=C(CCCc1ccc(Cl)cc1)Nc1ccc(OC(c2ccccc2)c2ccccc2)nc1. The second-order valence-corrected chi connectivity index (χ2v) is 8.17. The number of carbonyl (C=O) groups excluding carboxylic acids is 1. The number of nitrogens with one attached hydrogen (secondary N) is 1. The van der Waals surface area contributed by atoms with Gasteiger partial charge in [-0.1, -0.05) is 84.4 Å². The third-order valence-corrected chi connectivity index (χ3v) is 5.50. The van der Waals surface area contributed by atoms with Crippen molar-refractivity contribution in [1.82, 2.24) is 4.98 Å². The molecular formula is C28H25ClN2O2. The first-order valence-electron chi connectivity index (χ1n) is 10.9. The highest BCUT2D eigenvalue weighted by Crippen LogP contribution is 2.27. The molecule has 0 unspecified atom stereocenters. The monoisotopic (exact) mass is 456 g/mol. The van der Waals surface area contributed by atoms with E-state index in [9.17, 15) is 4.79 Å². The smallest absolute Gasteiger partial charge is 0.224 e. The summed E-state index contributed by atoms with van der Waals surface area (Å²) in [4.78, 5) is 16.7. The molecule has 4 rings (SSSR count). The van der Waals surface area contributed by atoms with E-state index in [4.69, 9.17) is 16.3 Å². The maximum atomic E-state index is 12.3. The summed E-state index contributed by atoms with van der Waals surface area (Å²) < 4.78 is 6.24. The lowest BCUT2D eigenvalue weighted by Gasteiger charge is -2.19. The Morgan fingerprint density at radius 1 is 0.848 bits per heavy atom. The Kier molecular flexibility index (Phi) is 7.72. The largest absolute Gasteiger partial charge is 0.465 e. The van der Waals surface area contributed by atoms with Gasteiger partial charge in [-0.05, 0) is 47.7 Å². The van der Waals surface area contributed by atoms with Gasteiger partial charge in [-0.3, -0.25) is 4.79 Å². The van der Waals surface area contributed by atoms with Crippen LogP contribution in [0.5, 0.6) is 5.88 Å². The van der Waals surface area contributed by atoms with Crippen LogP contribution in [-0.4, -0.2) is 10.9 Å². The molecule has 1 N–H and O–H groups in total. The van der Waals surface area contributed by atoms with Crippen molar-refractivity contribution in [2.45, 2.75) is 25.4 Å². The zero-order valence-corrected chi connectivity index (χ0v) is 18.9. The maximum absolute atomic E-state index is 12.3. The van der Waals surface area contributed by atoms with Gasteiger partial charge >= 0.3 is 0 Å². The summed E-state index contributed by atoms with van der Waals surface area (Å²) in [6.45, 7) is 0. The fraction of sp³-hybridized carbons (Fsp3) is 0.143. The van der Waals surface area contributed by atoms with Crippen molar-refractivity contribution >= 4 is 23.2 Å². The number of hydrogen-bond acceptors (Lipinski definition) is 3. The van der Waals surface area contributed by atoms with Crippen molar-refractivity contribution in [3.63, 3.8) is 0 Å². The number of rotatable bonds is 9. The first-order valence-corrected chi connectivity index (χ1v) is 11.3. The number of halogens is 1. The van der Waals surface area contributed by atoms with Crippen LogP contribution in [0.25, 0.3) is 0 Å². The van der Waals surface area contributed by atoms with E-state index in [1.54, 1.807) is 12.3 Å². The molecule has 0 saturated heterocycles. The number of benzene rings is 3. The number of ether oxygens (including phenoxy) is 1. The van der Waals surface area contributed by atoms with Gasteiger partial charge in [0.25, 0.3) is 0 Å². The van der Waals surface area contributed by atoms with E-state index in [1.165, 1.54) is 5.56 Å². The highest BCUT2D eigenvalue weighted by Gasteiger charge is 2.16. The quantitative estimate of drug-likeness (QED) is 0.299. The molecule has 1 aromatic heterocycles. The highest BCUT2D eigenvalue weighted by atomic mass is 35.5. The van der Waals surface area contributed by atoms with Crippen LogP contribution in [0.2, 0.25) is 5.02 Å². The highest BCUT2D eigenvalue weighted by molar-refractivity contribution is 6.30. The average molecular weight is 457 g/mol. The number of aryl methyl sites for hydroxylation is 1. The normalized spacial score (nSPS) is 10.7. The lowest BCUT2D eigenvalue weighted by molar-refractivity contribution is -0.116. The molecule has 0 aliphatic carbocycles. The average Bonchev–Trinajstić information content (AvgIpc) is 2.86. The van der Waals surface area contributed by atoms with E-state index in [0.29, 0.717) is 18.0 Å². The first-order chi connectivity index (χ1) is 16.2. The summed E-state index contributed by atoms with van der Waals surface area (Å²) in [6.07, 6.45) is 3.38. The third kappa shape index (κ3) is 6.67. The number of hydrogen-bond donors (Lipinski definition) is 1. The van der Waals surface area contributed by atoms with Crippen molar-refractivity contribution in [1.29, 1.82) is 0 Å². The van der Waals surface area contributed by atoms with E-state index >= 15 is 0 Å². The molecule has 0 bridgehead atoms. The van der Waals surface area contributed by atoms with Gasteiger partial charge in [-0.25, -0.2) is 4.98 Å². The van der Waals surface area contributed by atoms with E-state index in [0.717, 1.165) is 29.0 Å². The number of anilines is 1. The van der Waals surface area contributed by atoms with Gasteiger partial charge in [0.2, 0.25) is 11.8 Å². The molecule has 166 valence electrons. The van der Waals surface area contributed by atoms with Crippen LogP contribution >= 0.6 is 11.6 Å². The Balaban J connectivity index is 1.34. The van der Waals surface area contributed by atoms with Crippen LogP contribution in [-0.2, 0) is 11.2 Å². The fourth-order valence-electron chi connectivity index (χ4n) is 3.56. The molecule has 1 amide bonds. The van der Waals surface area contributed by atoms with Crippen molar-refractivity contribution in [2.75, 3.05) is 5.32 Å².